The Morgan fingerprint density at radius 2 is 1.59 bits per heavy atom. The molecule has 0 aliphatic rings. The Kier molecular flexibility index (Phi) is 7.96. The number of carbonyl (C=O) groups excluding carboxylic acids is 1. The van der Waals surface area contributed by atoms with E-state index in [9.17, 15) is 14.9 Å². The molecule has 216 valence electrons. The molecule has 6 rings (SSSR count). The van der Waals surface area contributed by atoms with Crippen LogP contribution >= 0.6 is 0 Å². The highest BCUT2D eigenvalue weighted by Gasteiger charge is 2.12. The normalized spacial score (nSPS) is 11.1. The van der Waals surface area contributed by atoms with Crippen molar-refractivity contribution in [1.29, 1.82) is 0 Å². The van der Waals surface area contributed by atoms with Gasteiger partial charge in [-0.15, -0.1) is 0 Å². The number of benzene rings is 5. The fourth-order valence-corrected chi connectivity index (χ4v) is 5.11. The van der Waals surface area contributed by atoms with Gasteiger partial charge < -0.3 is 9.30 Å². The minimum absolute atomic E-state index is 0.0226. The number of ether oxygens (including phenoxy) is 1. The number of nitrogens with zero attached hydrogens (tertiary/aromatic N) is 3. The number of hydrogen-bond acceptors (Lipinski definition) is 5. The van der Waals surface area contributed by atoms with E-state index < -0.39 is 4.92 Å². The molecular formula is C36H28N4O4. The third-order valence-corrected chi connectivity index (χ3v) is 7.37. The largest absolute Gasteiger partial charge is 0.488 e. The first kappa shape index (κ1) is 28.1. The van der Waals surface area contributed by atoms with Crippen molar-refractivity contribution < 1.29 is 14.5 Å². The number of hydrazone groups is 1. The molecule has 0 aliphatic heterocycles. The molecule has 6 aromatic rings. The minimum atomic E-state index is -0.434. The van der Waals surface area contributed by atoms with Crippen molar-refractivity contribution in [3.8, 4) is 22.7 Å². The van der Waals surface area contributed by atoms with E-state index in [-0.39, 0.29) is 18.2 Å². The molecule has 8 heteroatoms. The van der Waals surface area contributed by atoms with Crippen molar-refractivity contribution in [3.63, 3.8) is 0 Å². The van der Waals surface area contributed by atoms with Crippen LogP contribution in [0, 0.1) is 17.0 Å². The predicted octanol–water partition coefficient (Wildman–Crippen LogP) is 7.86. The Balaban J connectivity index is 1.19. The van der Waals surface area contributed by atoms with Crippen molar-refractivity contribution >= 4 is 28.6 Å². The van der Waals surface area contributed by atoms with Gasteiger partial charge in [-0.3, -0.25) is 14.9 Å². The van der Waals surface area contributed by atoms with Crippen LogP contribution in [0.5, 0.6) is 5.75 Å². The van der Waals surface area contributed by atoms with Gasteiger partial charge in [0.25, 0.3) is 11.6 Å². The summed E-state index contributed by atoms with van der Waals surface area (Å²) in [4.78, 5) is 23.5. The quantitative estimate of drug-likeness (QED) is 0.107. The Bertz CT molecular complexity index is 1980. The number of non-ortho nitro benzene ring substituents is 1. The van der Waals surface area contributed by atoms with Gasteiger partial charge in [-0.05, 0) is 83.4 Å². The summed E-state index contributed by atoms with van der Waals surface area (Å²) >= 11 is 0. The Hall–Kier alpha value is -6.02. The van der Waals surface area contributed by atoms with Crippen LogP contribution in [-0.4, -0.2) is 21.6 Å². The van der Waals surface area contributed by atoms with Crippen molar-refractivity contribution in [1.82, 2.24) is 9.99 Å². The predicted molar refractivity (Wildman–Crippen MR) is 172 cm³/mol. The van der Waals surface area contributed by atoms with Crippen LogP contribution in [0.15, 0.2) is 132 Å². The fraction of sp³-hybridized carbons (Fsp3) is 0.0556. The standard InChI is InChI=1S/C36H28N4O4/c1-25-11-21-34(28-8-3-2-4-9-28)39(25)30-19-14-29(15-20-30)36(41)38-37-23-33-32-10-6-5-7-27(32)16-22-35(33)44-24-26-12-17-31(18-13-26)40(42)43/h2-23H,24H2,1H3,(H,38,41)/b37-23+. The molecule has 1 aromatic heterocycles. The highest BCUT2D eigenvalue weighted by molar-refractivity contribution is 6.03. The zero-order chi connectivity index (χ0) is 30.5. The van der Waals surface area contributed by atoms with Crippen LogP contribution in [0.3, 0.4) is 0 Å². The van der Waals surface area contributed by atoms with E-state index in [1.165, 1.54) is 12.1 Å². The third-order valence-electron chi connectivity index (χ3n) is 7.37. The van der Waals surface area contributed by atoms with Crippen LogP contribution in [0.4, 0.5) is 5.69 Å². The molecule has 0 unspecified atom stereocenters. The number of carbonyl (C=O) groups is 1. The van der Waals surface area contributed by atoms with Crippen LogP contribution in [0.25, 0.3) is 27.7 Å². The Morgan fingerprint density at radius 1 is 0.864 bits per heavy atom. The van der Waals surface area contributed by atoms with E-state index >= 15 is 0 Å². The lowest BCUT2D eigenvalue weighted by atomic mass is 10.0. The van der Waals surface area contributed by atoms with Crippen molar-refractivity contribution in [3.05, 3.63) is 160 Å². The average Bonchev–Trinajstić information content (AvgIpc) is 3.45. The summed E-state index contributed by atoms with van der Waals surface area (Å²) in [6.07, 6.45) is 1.58. The number of nitrogens with one attached hydrogen (secondary N) is 1. The average molecular weight is 581 g/mol. The summed E-state index contributed by atoms with van der Waals surface area (Å²) in [7, 11) is 0. The molecule has 0 radical (unpaired) electrons. The topological polar surface area (TPSA) is 98.8 Å². The van der Waals surface area contributed by atoms with E-state index in [2.05, 4.69) is 46.3 Å². The van der Waals surface area contributed by atoms with Gasteiger partial charge >= 0.3 is 0 Å². The van der Waals surface area contributed by atoms with Gasteiger partial charge in [0, 0.05) is 34.6 Å². The van der Waals surface area contributed by atoms with E-state index in [1.807, 2.05) is 66.7 Å². The summed E-state index contributed by atoms with van der Waals surface area (Å²) in [5.41, 5.74) is 8.86. The lowest BCUT2D eigenvalue weighted by molar-refractivity contribution is -0.384. The first-order chi connectivity index (χ1) is 21.5. The van der Waals surface area contributed by atoms with E-state index in [1.54, 1.807) is 30.5 Å². The van der Waals surface area contributed by atoms with Crippen molar-refractivity contribution in [2.75, 3.05) is 0 Å². The number of nitro benzene ring substituents is 1. The monoisotopic (exact) mass is 580 g/mol. The van der Waals surface area contributed by atoms with E-state index in [0.29, 0.717) is 16.9 Å². The fourth-order valence-electron chi connectivity index (χ4n) is 5.11. The molecule has 8 nitrogen and oxygen atoms in total. The minimum Gasteiger partial charge on any atom is -0.488 e. The molecule has 5 aromatic carbocycles. The van der Waals surface area contributed by atoms with Crippen LogP contribution < -0.4 is 10.2 Å². The van der Waals surface area contributed by atoms with Gasteiger partial charge in [-0.1, -0.05) is 60.7 Å². The molecule has 0 aliphatic carbocycles. The smallest absolute Gasteiger partial charge is 0.271 e. The van der Waals surface area contributed by atoms with Gasteiger partial charge in [-0.2, -0.15) is 5.10 Å². The van der Waals surface area contributed by atoms with Gasteiger partial charge in [0.2, 0.25) is 0 Å². The zero-order valence-corrected chi connectivity index (χ0v) is 23.9. The summed E-state index contributed by atoms with van der Waals surface area (Å²) in [5.74, 6) is 0.231. The molecule has 0 saturated heterocycles. The summed E-state index contributed by atoms with van der Waals surface area (Å²) in [6, 6.07) is 39.6. The lowest BCUT2D eigenvalue weighted by Crippen LogP contribution is -2.17. The summed E-state index contributed by atoms with van der Waals surface area (Å²) in [5, 5.41) is 17.1. The third kappa shape index (κ3) is 5.96. The van der Waals surface area contributed by atoms with Crippen molar-refractivity contribution in [2.45, 2.75) is 13.5 Å². The number of aromatic nitrogens is 1. The number of hydrogen-bond donors (Lipinski definition) is 1. The summed E-state index contributed by atoms with van der Waals surface area (Å²) < 4.78 is 8.26. The highest BCUT2D eigenvalue weighted by Crippen LogP contribution is 2.28. The summed E-state index contributed by atoms with van der Waals surface area (Å²) in [6.45, 7) is 2.27. The van der Waals surface area contributed by atoms with Gasteiger partial charge in [-0.25, -0.2) is 5.43 Å². The Morgan fingerprint density at radius 3 is 2.34 bits per heavy atom. The molecule has 0 saturated carbocycles. The van der Waals surface area contributed by atoms with Crippen LogP contribution in [-0.2, 0) is 6.61 Å². The Labute approximate surface area is 254 Å². The first-order valence-electron chi connectivity index (χ1n) is 14.0. The maximum absolute atomic E-state index is 13.0. The van der Waals surface area contributed by atoms with Gasteiger partial charge in [0.1, 0.15) is 12.4 Å². The lowest BCUT2D eigenvalue weighted by Gasteiger charge is -2.13. The molecule has 0 fully saturated rings. The molecule has 0 atom stereocenters. The molecule has 44 heavy (non-hydrogen) atoms. The first-order valence-corrected chi connectivity index (χ1v) is 14.0. The SMILES string of the molecule is Cc1ccc(-c2ccccc2)n1-c1ccc(C(=O)N/N=C/c2c(OCc3ccc([N+](=O)[O-])cc3)ccc3ccccc23)cc1. The molecule has 0 bridgehead atoms. The van der Waals surface area contributed by atoms with Crippen LogP contribution in [0.2, 0.25) is 0 Å². The maximum Gasteiger partial charge on any atom is 0.271 e. The molecule has 1 N–H and O–H groups in total. The molecule has 1 heterocycles. The number of amides is 1. The second-order valence-electron chi connectivity index (χ2n) is 10.2. The molecular weight excluding hydrogens is 552 g/mol. The maximum atomic E-state index is 13.0. The highest BCUT2D eigenvalue weighted by atomic mass is 16.6. The zero-order valence-electron chi connectivity index (χ0n) is 23.9. The van der Waals surface area contributed by atoms with E-state index in [4.69, 9.17) is 4.74 Å². The van der Waals surface area contributed by atoms with Gasteiger partial charge in [0.15, 0.2) is 0 Å². The second kappa shape index (κ2) is 12.5. The number of nitro groups is 1. The van der Waals surface area contributed by atoms with Crippen molar-refractivity contribution in [2.24, 2.45) is 5.10 Å². The number of fused-ring (bicyclic) bond motifs is 1. The molecule has 1 amide bonds. The molecule has 0 spiro atoms. The second-order valence-corrected chi connectivity index (χ2v) is 10.2. The van der Waals surface area contributed by atoms with Crippen LogP contribution in [0.1, 0.15) is 27.2 Å². The van der Waals surface area contributed by atoms with E-state index in [0.717, 1.165) is 39.0 Å². The van der Waals surface area contributed by atoms with Gasteiger partial charge in [0.05, 0.1) is 16.8 Å². The number of rotatable bonds is 9. The number of aryl methyl sites for hydroxylation is 1.